The number of hydrogen-bond acceptors (Lipinski definition) is 6. The van der Waals surface area contributed by atoms with Crippen molar-refractivity contribution < 1.29 is 28.1 Å². The van der Waals surface area contributed by atoms with Crippen LogP contribution in [-0.2, 0) is 9.84 Å². The Morgan fingerprint density at radius 2 is 0.577 bits per heavy atom. The summed E-state index contributed by atoms with van der Waals surface area (Å²) in [5, 5.41) is 29.5. The molecule has 0 spiro atoms. The Hall–Kier alpha value is -7.29. The molecule has 0 unspecified atom stereocenters. The summed E-state index contributed by atoms with van der Waals surface area (Å²) in [4.78, 5) is 0.276. The van der Waals surface area contributed by atoms with Gasteiger partial charge in [-0.25, -0.2) is 8.42 Å². The second-order valence-corrected chi connectivity index (χ2v) is 21.5. The minimum Gasteiger partial charge on any atom is -0.489 e. The third kappa shape index (κ3) is 8.95. The molecule has 71 heavy (non-hydrogen) atoms. The maximum absolute atomic E-state index is 16.2. The summed E-state index contributed by atoms with van der Waals surface area (Å²) in [6, 6.07) is 65.0. The molecule has 2 aliphatic rings. The van der Waals surface area contributed by atoms with Crippen LogP contribution in [0.25, 0.3) is 87.6 Å². The highest BCUT2D eigenvalue weighted by atomic mass is 32.2. The van der Waals surface area contributed by atoms with Gasteiger partial charge < -0.3 is 19.7 Å². The van der Waals surface area contributed by atoms with Crippen LogP contribution < -0.4 is 9.47 Å². The molecule has 2 fully saturated rings. The minimum absolute atomic E-state index is 0.138. The lowest BCUT2D eigenvalue weighted by Gasteiger charge is -2.29. The Labute approximate surface area is 414 Å². The Kier molecular flexibility index (Phi) is 11.9. The molecule has 0 saturated heterocycles. The van der Waals surface area contributed by atoms with Crippen LogP contribution in [0.4, 0.5) is 0 Å². The molecule has 2 saturated carbocycles. The average molecular weight is 951 g/mol. The van der Waals surface area contributed by atoms with Crippen molar-refractivity contribution >= 4 is 52.9 Å². The smallest absolute Gasteiger partial charge is 0.206 e. The van der Waals surface area contributed by atoms with E-state index in [1.165, 1.54) is 0 Å². The Morgan fingerprint density at radius 3 is 0.845 bits per heavy atom. The SMILES string of the molecule is O=S(=O)(c1cc(-c2ccc3ccccc3c2)c(OC2CCC(O)CC2)c(-c2ccc3ccccc3c2)c1)c1cc(-c2ccc3ccccc3c2)c(OC2CCC(O)CC2)c(-c2ccc3ccccc3c2)c1. The first-order chi connectivity index (χ1) is 34.7. The van der Waals surface area contributed by atoms with Crippen LogP contribution in [0.3, 0.4) is 0 Å². The van der Waals surface area contributed by atoms with Crippen LogP contribution in [0.5, 0.6) is 11.5 Å². The fourth-order valence-corrected chi connectivity index (χ4v) is 12.2. The molecule has 12 rings (SSSR count). The van der Waals surface area contributed by atoms with Gasteiger partial charge in [-0.1, -0.05) is 146 Å². The zero-order valence-corrected chi connectivity index (χ0v) is 40.2. The van der Waals surface area contributed by atoms with E-state index in [1.807, 2.05) is 48.5 Å². The van der Waals surface area contributed by atoms with Crippen LogP contribution in [0, 0.1) is 0 Å². The van der Waals surface area contributed by atoms with Gasteiger partial charge in [-0.2, -0.15) is 0 Å². The highest BCUT2D eigenvalue weighted by Gasteiger charge is 2.31. The molecule has 0 bridgehead atoms. The number of hydrogen-bond donors (Lipinski definition) is 2. The molecule has 6 nitrogen and oxygen atoms in total. The lowest BCUT2D eigenvalue weighted by atomic mass is 9.92. The van der Waals surface area contributed by atoms with Crippen LogP contribution in [0.15, 0.2) is 204 Å². The summed E-state index contributed by atoms with van der Waals surface area (Å²) in [5.74, 6) is 1.23. The molecule has 10 aromatic carbocycles. The molecule has 2 aliphatic carbocycles. The lowest BCUT2D eigenvalue weighted by molar-refractivity contribution is 0.0671. The Balaban J connectivity index is 1.12. The molecule has 352 valence electrons. The van der Waals surface area contributed by atoms with E-state index in [0.717, 1.165) is 65.3 Å². The molecule has 7 heteroatoms. The van der Waals surface area contributed by atoms with E-state index in [-0.39, 0.29) is 34.2 Å². The van der Waals surface area contributed by atoms with E-state index in [9.17, 15) is 10.2 Å². The van der Waals surface area contributed by atoms with Gasteiger partial charge in [0.2, 0.25) is 9.84 Å². The van der Waals surface area contributed by atoms with Crippen molar-refractivity contribution in [3.8, 4) is 56.0 Å². The monoisotopic (exact) mass is 950 g/mol. The maximum atomic E-state index is 16.2. The number of sulfone groups is 1. The normalized spacial score (nSPS) is 18.5. The first-order valence-corrected chi connectivity index (χ1v) is 26.5. The zero-order chi connectivity index (χ0) is 48.1. The van der Waals surface area contributed by atoms with Crippen LogP contribution in [-0.4, -0.2) is 43.0 Å². The number of ether oxygens (including phenoxy) is 2. The molecular formula is C64H54O6S. The second-order valence-electron chi connectivity index (χ2n) is 19.5. The number of aliphatic hydroxyl groups is 2. The highest BCUT2D eigenvalue weighted by molar-refractivity contribution is 7.91. The van der Waals surface area contributed by atoms with Crippen molar-refractivity contribution in [1.29, 1.82) is 0 Å². The van der Waals surface area contributed by atoms with Gasteiger partial charge in [-0.15, -0.1) is 0 Å². The molecule has 0 atom stereocenters. The van der Waals surface area contributed by atoms with Crippen molar-refractivity contribution in [1.82, 2.24) is 0 Å². The fraction of sp³-hybridized carbons (Fsp3) is 0.188. The molecule has 10 aromatic rings. The third-order valence-corrected chi connectivity index (χ3v) is 16.6. The molecule has 0 aliphatic heterocycles. The number of aliphatic hydroxyl groups excluding tert-OH is 2. The van der Waals surface area contributed by atoms with Crippen LogP contribution in [0.2, 0.25) is 0 Å². The minimum atomic E-state index is -4.32. The van der Waals surface area contributed by atoms with E-state index < -0.39 is 9.84 Å². The van der Waals surface area contributed by atoms with E-state index in [2.05, 4.69) is 121 Å². The molecule has 0 amide bonds. The number of benzene rings is 10. The summed E-state index contributed by atoms with van der Waals surface area (Å²) in [6.07, 6.45) is 4.18. The number of rotatable bonds is 10. The molecule has 2 N–H and O–H groups in total. The van der Waals surface area contributed by atoms with E-state index >= 15 is 8.42 Å². The standard InChI is InChI=1S/C64H54O6S/c65-53-25-29-55(30-26-53)69-63-59(49-21-17-41-9-1-5-13-45(41)33-49)37-57(38-60(63)50-22-18-42-10-2-6-14-46(42)34-50)71(67,68)58-39-61(51-23-19-43-11-3-7-15-47(43)35-51)64(70-56-31-27-54(66)28-32-56)62(40-58)52-24-20-44-12-4-8-16-48(44)36-52/h1-24,33-40,53-56,65-66H,25-32H2. The van der Waals surface area contributed by atoms with Gasteiger partial charge in [0.1, 0.15) is 11.5 Å². The van der Waals surface area contributed by atoms with Gasteiger partial charge in [-0.05, 0) is 165 Å². The van der Waals surface area contributed by atoms with E-state index in [4.69, 9.17) is 9.47 Å². The number of fused-ring (bicyclic) bond motifs is 4. The van der Waals surface area contributed by atoms with Gasteiger partial charge in [0.05, 0.1) is 34.2 Å². The fourth-order valence-electron chi connectivity index (χ4n) is 10.8. The summed E-state index contributed by atoms with van der Waals surface area (Å²) in [5.41, 5.74) is 6.05. The summed E-state index contributed by atoms with van der Waals surface area (Å²) >= 11 is 0. The van der Waals surface area contributed by atoms with Gasteiger partial charge >= 0.3 is 0 Å². The van der Waals surface area contributed by atoms with Gasteiger partial charge in [-0.3, -0.25) is 0 Å². The van der Waals surface area contributed by atoms with Gasteiger partial charge in [0.25, 0.3) is 0 Å². The topological polar surface area (TPSA) is 93.1 Å². The zero-order valence-electron chi connectivity index (χ0n) is 39.4. The first-order valence-electron chi connectivity index (χ1n) is 25.0. The van der Waals surface area contributed by atoms with Crippen molar-refractivity contribution in [3.05, 3.63) is 194 Å². The van der Waals surface area contributed by atoms with Crippen molar-refractivity contribution in [2.24, 2.45) is 0 Å². The third-order valence-electron chi connectivity index (χ3n) is 14.8. The maximum Gasteiger partial charge on any atom is 0.206 e. The van der Waals surface area contributed by atoms with Crippen molar-refractivity contribution in [2.75, 3.05) is 0 Å². The van der Waals surface area contributed by atoms with Crippen molar-refractivity contribution in [3.63, 3.8) is 0 Å². The van der Waals surface area contributed by atoms with E-state index in [0.29, 0.717) is 85.1 Å². The molecule has 0 aromatic heterocycles. The molecular weight excluding hydrogens is 897 g/mol. The quantitative estimate of drug-likeness (QED) is 0.142. The lowest BCUT2D eigenvalue weighted by Crippen LogP contribution is -2.27. The van der Waals surface area contributed by atoms with Gasteiger partial charge in [0, 0.05) is 22.3 Å². The largest absolute Gasteiger partial charge is 0.489 e. The van der Waals surface area contributed by atoms with E-state index in [1.54, 1.807) is 24.3 Å². The molecule has 0 heterocycles. The summed E-state index contributed by atoms with van der Waals surface area (Å²) < 4.78 is 46.6. The summed E-state index contributed by atoms with van der Waals surface area (Å²) in [7, 11) is -4.32. The Morgan fingerprint density at radius 1 is 0.324 bits per heavy atom. The van der Waals surface area contributed by atoms with Crippen LogP contribution in [0.1, 0.15) is 51.4 Å². The predicted octanol–water partition coefficient (Wildman–Crippen LogP) is 15.2. The predicted molar refractivity (Wildman–Crippen MR) is 288 cm³/mol. The average Bonchev–Trinajstić information content (AvgIpc) is 3.41. The van der Waals surface area contributed by atoms with Crippen molar-refractivity contribution in [2.45, 2.75) is 85.6 Å². The Bertz CT molecular complexity index is 3310. The van der Waals surface area contributed by atoms with Gasteiger partial charge in [0.15, 0.2) is 0 Å². The second kappa shape index (κ2) is 18.8. The van der Waals surface area contributed by atoms with Crippen LogP contribution >= 0.6 is 0 Å². The molecule has 0 radical (unpaired) electrons. The summed E-state index contributed by atoms with van der Waals surface area (Å²) in [6.45, 7) is 0. The first kappa shape index (κ1) is 44.9. The highest BCUT2D eigenvalue weighted by Crippen LogP contribution is 2.48.